The zero-order chi connectivity index (χ0) is 8.27. The van der Waals surface area contributed by atoms with E-state index >= 15 is 0 Å². The fraction of sp³-hybridized carbons (Fsp3) is 0.600. The van der Waals surface area contributed by atoms with Crippen molar-refractivity contribution in [3.63, 3.8) is 0 Å². The maximum Gasteiger partial charge on any atom is 0.326 e. The minimum Gasteiger partial charge on any atom is -0.468 e. The minimum absolute atomic E-state index is 0.153. The van der Waals surface area contributed by atoms with Crippen molar-refractivity contribution in [2.24, 2.45) is 4.99 Å². The van der Waals surface area contributed by atoms with E-state index in [0.29, 0.717) is 0 Å². The number of carbonyl (C=O) groups is 1. The van der Waals surface area contributed by atoms with Crippen LogP contribution in [0.15, 0.2) is 4.99 Å². The number of ether oxygens (including phenoxy) is 2. The van der Waals surface area contributed by atoms with Crippen LogP contribution in [0.4, 0.5) is 4.79 Å². The molecule has 0 radical (unpaired) electrons. The first-order chi connectivity index (χ1) is 5.26. The Morgan fingerprint density at radius 3 is 2.82 bits per heavy atom. The smallest absolute Gasteiger partial charge is 0.326 e. The lowest BCUT2D eigenvalue weighted by Crippen LogP contribution is -2.50. The van der Waals surface area contributed by atoms with Crippen molar-refractivity contribution in [1.82, 2.24) is 10.6 Å². The average Bonchev–Trinajstić information content (AvgIpc) is 2.03. The Kier molecular flexibility index (Phi) is 2.27. The van der Waals surface area contributed by atoms with Crippen LogP contribution in [0.2, 0.25) is 0 Å². The highest BCUT2D eigenvalue weighted by atomic mass is 16.5. The Balaban J connectivity index is 2.64. The van der Waals surface area contributed by atoms with Gasteiger partial charge in [0, 0.05) is 7.11 Å². The molecule has 6 heteroatoms. The van der Waals surface area contributed by atoms with Gasteiger partial charge in [0.25, 0.3) is 6.02 Å². The second-order valence-electron chi connectivity index (χ2n) is 1.82. The fourth-order valence-corrected chi connectivity index (χ4v) is 0.632. The predicted octanol–water partition coefficient (Wildman–Crippen LogP) is -0.768. The molecular weight excluding hydrogens is 150 g/mol. The zero-order valence-electron chi connectivity index (χ0n) is 6.25. The van der Waals surface area contributed by atoms with Gasteiger partial charge in [0.15, 0.2) is 0 Å². The van der Waals surface area contributed by atoms with Crippen LogP contribution >= 0.6 is 0 Å². The first-order valence-corrected chi connectivity index (χ1v) is 2.98. The largest absolute Gasteiger partial charge is 0.468 e. The molecule has 11 heavy (non-hydrogen) atoms. The molecular formula is C5H9N3O3. The molecule has 0 aliphatic carbocycles. The van der Waals surface area contributed by atoms with E-state index in [2.05, 4.69) is 15.6 Å². The van der Waals surface area contributed by atoms with Crippen LogP contribution in [0.1, 0.15) is 0 Å². The second-order valence-corrected chi connectivity index (χ2v) is 1.82. The Hall–Kier alpha value is -1.30. The van der Waals surface area contributed by atoms with E-state index in [1.165, 1.54) is 14.2 Å². The summed E-state index contributed by atoms with van der Waals surface area (Å²) in [7, 11) is 2.85. The first-order valence-electron chi connectivity index (χ1n) is 2.98. The lowest BCUT2D eigenvalue weighted by Gasteiger charge is -2.19. The summed E-state index contributed by atoms with van der Waals surface area (Å²) in [4.78, 5) is 14.5. The van der Waals surface area contributed by atoms with E-state index in [0.717, 1.165) is 0 Å². The number of amidine groups is 1. The third-order valence-electron chi connectivity index (χ3n) is 1.13. The van der Waals surface area contributed by atoms with Crippen LogP contribution in [0.25, 0.3) is 0 Å². The summed E-state index contributed by atoms with van der Waals surface area (Å²) in [5.41, 5.74) is 0. The van der Waals surface area contributed by atoms with Gasteiger partial charge in [-0.1, -0.05) is 0 Å². The molecule has 0 saturated heterocycles. The fourth-order valence-electron chi connectivity index (χ4n) is 0.632. The minimum atomic E-state index is -0.654. The van der Waals surface area contributed by atoms with Crippen LogP contribution in [0.3, 0.4) is 0 Å². The third-order valence-corrected chi connectivity index (χ3v) is 1.13. The molecule has 1 unspecified atom stereocenters. The van der Waals surface area contributed by atoms with Gasteiger partial charge in [-0.05, 0) is 0 Å². The normalized spacial score (nSPS) is 23.3. The maximum absolute atomic E-state index is 10.7. The summed E-state index contributed by atoms with van der Waals surface area (Å²) in [6, 6.07) is -0.232. The van der Waals surface area contributed by atoms with Crippen molar-refractivity contribution in [3.05, 3.63) is 0 Å². The quantitative estimate of drug-likeness (QED) is 0.527. The lowest BCUT2D eigenvalue weighted by molar-refractivity contribution is 0.0818. The molecule has 0 fully saturated rings. The number of carbonyl (C=O) groups excluding carboxylic acids is 1. The van der Waals surface area contributed by atoms with Gasteiger partial charge in [0.05, 0.1) is 7.11 Å². The number of aliphatic imine (C=N–C) groups is 1. The van der Waals surface area contributed by atoms with Crippen molar-refractivity contribution in [2.45, 2.75) is 6.35 Å². The molecule has 0 aromatic carbocycles. The number of nitrogens with one attached hydrogen (secondary N) is 2. The zero-order valence-corrected chi connectivity index (χ0v) is 6.25. The molecule has 0 saturated carbocycles. The molecule has 2 amide bonds. The number of nitrogens with zero attached hydrogens (tertiary/aromatic N) is 1. The van der Waals surface area contributed by atoms with Crippen molar-refractivity contribution in [1.29, 1.82) is 0 Å². The Bertz CT molecular complexity index is 191. The van der Waals surface area contributed by atoms with Crippen LogP contribution in [0.5, 0.6) is 0 Å². The number of methoxy groups -OCH3 is 2. The molecule has 0 spiro atoms. The summed E-state index contributed by atoms with van der Waals surface area (Å²) in [6.45, 7) is 0. The Labute approximate surface area is 63.6 Å². The Morgan fingerprint density at radius 1 is 1.55 bits per heavy atom. The highest BCUT2D eigenvalue weighted by Crippen LogP contribution is 1.93. The van der Waals surface area contributed by atoms with Crippen molar-refractivity contribution in [3.8, 4) is 0 Å². The summed E-state index contributed by atoms with van der Waals surface area (Å²) in [6.07, 6.45) is -0.654. The van der Waals surface area contributed by atoms with Gasteiger partial charge < -0.3 is 9.47 Å². The highest BCUT2D eigenvalue weighted by Gasteiger charge is 2.18. The van der Waals surface area contributed by atoms with E-state index in [9.17, 15) is 4.79 Å². The molecule has 0 aromatic rings. The summed E-state index contributed by atoms with van der Waals surface area (Å²) in [5, 5.41) is 4.72. The van der Waals surface area contributed by atoms with Gasteiger partial charge >= 0.3 is 6.03 Å². The van der Waals surface area contributed by atoms with E-state index in [-0.39, 0.29) is 12.1 Å². The van der Waals surface area contributed by atoms with E-state index in [4.69, 9.17) is 9.47 Å². The van der Waals surface area contributed by atoms with Crippen molar-refractivity contribution < 1.29 is 14.3 Å². The summed E-state index contributed by atoms with van der Waals surface area (Å²) < 4.78 is 9.45. The second kappa shape index (κ2) is 3.20. The number of rotatable bonds is 1. The van der Waals surface area contributed by atoms with Crippen LogP contribution in [-0.4, -0.2) is 32.6 Å². The molecule has 6 nitrogen and oxygen atoms in total. The van der Waals surface area contributed by atoms with Gasteiger partial charge in [-0.15, -0.1) is 0 Å². The first kappa shape index (κ1) is 7.80. The van der Waals surface area contributed by atoms with Gasteiger partial charge in [-0.25, -0.2) is 4.79 Å². The number of urea groups is 1. The van der Waals surface area contributed by atoms with E-state index in [1.807, 2.05) is 0 Å². The van der Waals surface area contributed by atoms with Gasteiger partial charge in [0.2, 0.25) is 6.35 Å². The summed E-state index contributed by atoms with van der Waals surface area (Å²) >= 11 is 0. The molecule has 1 rings (SSSR count). The average molecular weight is 159 g/mol. The predicted molar refractivity (Wildman–Crippen MR) is 36.9 cm³/mol. The van der Waals surface area contributed by atoms with Crippen LogP contribution in [0, 0.1) is 0 Å². The number of hydrogen-bond acceptors (Lipinski definition) is 4. The molecule has 1 aliphatic heterocycles. The standard InChI is InChI=1S/C5H9N3O3/c1-10-4-6-3(9)7-5(8-4)11-2/h4H,1-2H3,(H2,6,7,8,9). The van der Waals surface area contributed by atoms with Crippen LogP contribution in [-0.2, 0) is 9.47 Å². The van der Waals surface area contributed by atoms with Gasteiger partial charge in [-0.3, -0.25) is 10.6 Å². The molecule has 2 N–H and O–H groups in total. The maximum atomic E-state index is 10.7. The van der Waals surface area contributed by atoms with Gasteiger partial charge in [-0.2, -0.15) is 4.99 Å². The molecule has 62 valence electrons. The number of hydrogen-bond donors (Lipinski definition) is 2. The summed E-state index contributed by atoms with van der Waals surface area (Å²) in [5.74, 6) is 0. The molecule has 1 atom stereocenters. The van der Waals surface area contributed by atoms with E-state index in [1.54, 1.807) is 0 Å². The van der Waals surface area contributed by atoms with Crippen molar-refractivity contribution in [2.75, 3.05) is 14.2 Å². The van der Waals surface area contributed by atoms with Crippen molar-refractivity contribution >= 4 is 12.1 Å². The molecule has 0 aromatic heterocycles. The topological polar surface area (TPSA) is 72.0 Å². The SMILES string of the molecule is COC1=NC(OC)NC(=O)N1. The molecule has 1 aliphatic rings. The highest BCUT2D eigenvalue weighted by molar-refractivity contribution is 5.94. The monoisotopic (exact) mass is 159 g/mol. The Morgan fingerprint density at radius 2 is 2.27 bits per heavy atom. The lowest BCUT2D eigenvalue weighted by atomic mass is 10.7. The van der Waals surface area contributed by atoms with E-state index < -0.39 is 6.35 Å². The molecule has 0 bridgehead atoms. The third kappa shape index (κ3) is 1.81. The molecule has 1 heterocycles. The number of amides is 2. The van der Waals surface area contributed by atoms with Gasteiger partial charge in [0.1, 0.15) is 0 Å². The van der Waals surface area contributed by atoms with Crippen LogP contribution < -0.4 is 10.6 Å².